The molecule has 150 valence electrons. The smallest absolute Gasteiger partial charge is 0.339 e. The van der Waals surface area contributed by atoms with Crippen LogP contribution in [0.5, 0.6) is 5.75 Å². The zero-order valence-electron chi connectivity index (χ0n) is 16.4. The highest BCUT2D eigenvalue weighted by atomic mass is 16.4. The molecule has 30 heavy (non-hydrogen) atoms. The predicted octanol–water partition coefficient (Wildman–Crippen LogP) is 4.77. The van der Waals surface area contributed by atoms with Gasteiger partial charge in [-0.15, -0.1) is 0 Å². The van der Waals surface area contributed by atoms with Gasteiger partial charge in [0, 0.05) is 7.05 Å². The zero-order chi connectivity index (χ0) is 21.1. The van der Waals surface area contributed by atoms with Crippen LogP contribution >= 0.6 is 0 Å². The summed E-state index contributed by atoms with van der Waals surface area (Å²) in [6.45, 7) is 0.591. The predicted molar refractivity (Wildman–Crippen MR) is 116 cm³/mol. The third-order valence-corrected chi connectivity index (χ3v) is 5.05. The molecular formula is C24H21N3O3. The maximum atomic E-state index is 11.3. The van der Waals surface area contributed by atoms with E-state index in [4.69, 9.17) is 0 Å². The van der Waals surface area contributed by atoms with Crippen molar-refractivity contribution in [2.75, 3.05) is 11.9 Å². The highest BCUT2D eigenvalue weighted by Gasteiger charge is 2.18. The van der Waals surface area contributed by atoms with Gasteiger partial charge in [-0.25, -0.2) is 9.78 Å². The first-order valence-corrected chi connectivity index (χ1v) is 9.48. The van der Waals surface area contributed by atoms with E-state index in [9.17, 15) is 15.0 Å². The normalized spacial score (nSPS) is 10.7. The maximum absolute atomic E-state index is 11.3. The lowest BCUT2D eigenvalue weighted by molar-refractivity contribution is 0.0694. The molecule has 0 unspecified atom stereocenters. The molecule has 2 N–H and O–H groups in total. The second-order valence-electron chi connectivity index (χ2n) is 6.98. The number of aromatic carboxylic acids is 1. The summed E-state index contributed by atoms with van der Waals surface area (Å²) in [5, 5.41) is 19.7. The number of carboxylic acid groups (broad SMARTS) is 1. The third kappa shape index (κ3) is 3.75. The molecule has 3 aromatic carbocycles. The van der Waals surface area contributed by atoms with Gasteiger partial charge >= 0.3 is 5.97 Å². The number of phenols is 1. The summed E-state index contributed by atoms with van der Waals surface area (Å²) in [6, 6.07) is 23.2. The van der Waals surface area contributed by atoms with Crippen LogP contribution in [-0.4, -0.2) is 32.8 Å². The van der Waals surface area contributed by atoms with Crippen molar-refractivity contribution >= 4 is 17.5 Å². The summed E-state index contributed by atoms with van der Waals surface area (Å²) in [5.74, 6) is -0.706. The number of rotatable bonds is 6. The van der Waals surface area contributed by atoms with E-state index in [1.165, 1.54) is 11.6 Å². The molecule has 0 bridgehead atoms. The van der Waals surface area contributed by atoms with Crippen molar-refractivity contribution in [2.24, 2.45) is 0 Å². The van der Waals surface area contributed by atoms with Crippen LogP contribution in [0.15, 0.2) is 85.3 Å². The molecule has 0 saturated heterocycles. The number of nitrogens with zero attached hydrogens (tertiary/aromatic N) is 3. The Labute approximate surface area is 174 Å². The molecule has 0 spiro atoms. The van der Waals surface area contributed by atoms with E-state index < -0.39 is 5.97 Å². The van der Waals surface area contributed by atoms with Crippen LogP contribution in [-0.2, 0) is 6.54 Å². The summed E-state index contributed by atoms with van der Waals surface area (Å²) in [5.41, 5.74) is 3.68. The van der Waals surface area contributed by atoms with Gasteiger partial charge in [-0.2, -0.15) is 0 Å². The highest BCUT2D eigenvalue weighted by molar-refractivity contribution is 5.93. The second-order valence-corrected chi connectivity index (χ2v) is 6.98. The van der Waals surface area contributed by atoms with Gasteiger partial charge in [-0.05, 0) is 28.8 Å². The number of hydrogen-bond donors (Lipinski definition) is 2. The van der Waals surface area contributed by atoms with Gasteiger partial charge in [0.1, 0.15) is 11.4 Å². The SMILES string of the molecule is CN(c1cccc(C(=O)O)c1O)c1cncn1Cc1ccc(-c2ccccc2)cc1. The first kappa shape index (κ1) is 19.3. The number of aromatic nitrogens is 2. The average molecular weight is 399 g/mol. The molecule has 4 rings (SSSR count). The molecule has 0 radical (unpaired) electrons. The molecule has 0 aliphatic carbocycles. The first-order chi connectivity index (χ1) is 14.5. The molecule has 0 fully saturated rings. The van der Waals surface area contributed by atoms with Crippen LogP contribution in [0.3, 0.4) is 0 Å². The van der Waals surface area contributed by atoms with E-state index >= 15 is 0 Å². The number of para-hydroxylation sites is 1. The van der Waals surface area contributed by atoms with Crippen LogP contribution in [0.2, 0.25) is 0 Å². The van der Waals surface area contributed by atoms with Crippen molar-refractivity contribution in [3.8, 4) is 16.9 Å². The lowest BCUT2D eigenvalue weighted by atomic mass is 10.0. The molecular weight excluding hydrogens is 378 g/mol. The van der Waals surface area contributed by atoms with Crippen molar-refractivity contribution in [1.82, 2.24) is 9.55 Å². The van der Waals surface area contributed by atoms with Crippen molar-refractivity contribution in [2.45, 2.75) is 6.54 Å². The topological polar surface area (TPSA) is 78.6 Å². The fraction of sp³-hybridized carbons (Fsp3) is 0.0833. The minimum Gasteiger partial charge on any atom is -0.505 e. The Bertz CT molecular complexity index is 1170. The first-order valence-electron chi connectivity index (χ1n) is 9.48. The summed E-state index contributed by atoms with van der Waals surface area (Å²) in [6.07, 6.45) is 3.40. The molecule has 1 aromatic heterocycles. The zero-order valence-corrected chi connectivity index (χ0v) is 16.4. The van der Waals surface area contributed by atoms with Crippen molar-refractivity contribution in [3.63, 3.8) is 0 Å². The van der Waals surface area contributed by atoms with E-state index in [-0.39, 0.29) is 11.3 Å². The average Bonchev–Trinajstić information content (AvgIpc) is 3.22. The Morgan fingerprint density at radius 1 is 0.967 bits per heavy atom. The molecule has 6 heteroatoms. The Kier molecular flexibility index (Phi) is 5.22. The lowest BCUT2D eigenvalue weighted by Gasteiger charge is -2.22. The largest absolute Gasteiger partial charge is 0.505 e. The highest BCUT2D eigenvalue weighted by Crippen LogP contribution is 2.34. The van der Waals surface area contributed by atoms with Gasteiger partial charge < -0.3 is 19.7 Å². The van der Waals surface area contributed by atoms with Crippen molar-refractivity contribution in [1.29, 1.82) is 0 Å². The number of imidazole rings is 1. The molecule has 0 atom stereocenters. The van der Waals surface area contributed by atoms with Crippen molar-refractivity contribution in [3.05, 3.63) is 96.4 Å². The van der Waals surface area contributed by atoms with Gasteiger partial charge in [-0.1, -0.05) is 60.7 Å². The molecule has 0 saturated carbocycles. The Morgan fingerprint density at radius 3 is 2.37 bits per heavy atom. The summed E-state index contributed by atoms with van der Waals surface area (Å²) >= 11 is 0. The van der Waals surface area contributed by atoms with E-state index in [0.717, 1.165) is 16.9 Å². The number of carbonyl (C=O) groups is 1. The second kappa shape index (κ2) is 8.13. The van der Waals surface area contributed by atoms with Gasteiger partial charge in [0.2, 0.25) is 0 Å². The number of benzene rings is 3. The third-order valence-electron chi connectivity index (χ3n) is 5.05. The van der Waals surface area contributed by atoms with Crippen molar-refractivity contribution < 1.29 is 15.0 Å². The molecule has 1 heterocycles. The molecule has 0 amide bonds. The standard InChI is InChI=1S/C24H21N3O3/c1-26(21-9-5-8-20(23(21)28)24(29)30)22-14-25-16-27(22)15-17-10-12-19(13-11-17)18-6-3-2-4-7-18/h2-14,16,28H,15H2,1H3,(H,29,30). The number of carboxylic acids is 1. The summed E-state index contributed by atoms with van der Waals surface area (Å²) in [7, 11) is 1.77. The summed E-state index contributed by atoms with van der Waals surface area (Å²) in [4.78, 5) is 17.3. The Balaban J connectivity index is 1.58. The number of aromatic hydroxyl groups is 1. The van der Waals surface area contributed by atoms with E-state index in [2.05, 4.69) is 41.4 Å². The van der Waals surface area contributed by atoms with Crippen LogP contribution in [0, 0.1) is 0 Å². The monoisotopic (exact) mass is 399 g/mol. The van der Waals surface area contributed by atoms with Gasteiger partial charge in [0.25, 0.3) is 0 Å². The number of hydrogen-bond acceptors (Lipinski definition) is 4. The lowest BCUT2D eigenvalue weighted by Crippen LogP contribution is -2.15. The Morgan fingerprint density at radius 2 is 1.67 bits per heavy atom. The van der Waals surface area contributed by atoms with Crippen LogP contribution < -0.4 is 4.90 Å². The minimum absolute atomic E-state index is 0.137. The molecule has 0 aliphatic heterocycles. The number of anilines is 2. The van der Waals surface area contributed by atoms with Crippen LogP contribution in [0.1, 0.15) is 15.9 Å². The molecule has 6 nitrogen and oxygen atoms in total. The fourth-order valence-electron chi connectivity index (χ4n) is 3.44. The van der Waals surface area contributed by atoms with Crippen LogP contribution in [0.4, 0.5) is 11.5 Å². The fourth-order valence-corrected chi connectivity index (χ4v) is 3.44. The minimum atomic E-state index is -1.17. The van der Waals surface area contributed by atoms with E-state index in [1.807, 2.05) is 22.8 Å². The van der Waals surface area contributed by atoms with Gasteiger partial charge in [0.15, 0.2) is 5.75 Å². The van der Waals surface area contributed by atoms with Gasteiger partial charge in [-0.3, -0.25) is 0 Å². The molecule has 0 aliphatic rings. The van der Waals surface area contributed by atoms with Gasteiger partial charge in [0.05, 0.1) is 24.8 Å². The summed E-state index contributed by atoms with van der Waals surface area (Å²) < 4.78 is 1.95. The molecule has 4 aromatic rings. The maximum Gasteiger partial charge on any atom is 0.339 e. The van der Waals surface area contributed by atoms with E-state index in [0.29, 0.717) is 12.2 Å². The van der Waals surface area contributed by atoms with E-state index in [1.54, 1.807) is 36.6 Å². The van der Waals surface area contributed by atoms with Crippen LogP contribution in [0.25, 0.3) is 11.1 Å². The quantitative estimate of drug-likeness (QED) is 0.488. The Hall–Kier alpha value is -4.06.